The Balaban J connectivity index is 1.99. The van der Waals surface area contributed by atoms with E-state index in [2.05, 4.69) is 36.5 Å². The first kappa shape index (κ1) is 13.9. The minimum atomic E-state index is 0.0998. The monoisotopic (exact) mass is 260 g/mol. The molecule has 0 bridgehead atoms. The molecule has 1 saturated carbocycles. The second-order valence-electron chi connectivity index (χ2n) is 5.57. The molecule has 1 N–H and O–H groups in total. The van der Waals surface area contributed by atoms with Crippen LogP contribution in [0, 0.1) is 5.92 Å². The van der Waals surface area contributed by atoms with Crippen LogP contribution in [0.3, 0.4) is 0 Å². The summed E-state index contributed by atoms with van der Waals surface area (Å²) in [5, 5.41) is 3.63. The van der Waals surface area contributed by atoms with Gasteiger partial charge in [-0.2, -0.15) is 0 Å². The van der Waals surface area contributed by atoms with Crippen molar-refractivity contribution >= 4 is 11.6 Å². The highest BCUT2D eigenvalue weighted by Gasteiger charge is 2.29. The highest BCUT2D eigenvalue weighted by molar-refractivity contribution is 5.72. The van der Waals surface area contributed by atoms with Crippen LogP contribution in [0.1, 0.15) is 38.7 Å². The van der Waals surface area contributed by atoms with Crippen molar-refractivity contribution in [1.82, 2.24) is 4.90 Å². The summed E-state index contributed by atoms with van der Waals surface area (Å²) >= 11 is 0. The molecule has 0 heterocycles. The Morgan fingerprint density at radius 3 is 2.79 bits per heavy atom. The summed E-state index contributed by atoms with van der Waals surface area (Å²) < 4.78 is 0. The summed E-state index contributed by atoms with van der Waals surface area (Å²) in [6, 6.07) is 9.00. The quantitative estimate of drug-likeness (QED) is 0.851. The van der Waals surface area contributed by atoms with Gasteiger partial charge in [0.25, 0.3) is 0 Å². The van der Waals surface area contributed by atoms with Crippen LogP contribution < -0.4 is 5.32 Å². The number of carbonyl (C=O) groups is 1. The standard InChI is InChI=1S/C16H24N2O/c1-4-16(14-8-9-14)17-15-7-5-6-13(10-15)11-18(3)12(2)19/h5-7,10,14,16-17H,4,8-9,11H2,1-3H3. The maximum absolute atomic E-state index is 11.3. The molecular formula is C16H24N2O. The van der Waals surface area contributed by atoms with Crippen molar-refractivity contribution in [3.8, 4) is 0 Å². The Hall–Kier alpha value is -1.51. The van der Waals surface area contributed by atoms with E-state index in [0.717, 1.165) is 5.92 Å². The van der Waals surface area contributed by atoms with Gasteiger partial charge in [-0.3, -0.25) is 4.79 Å². The van der Waals surface area contributed by atoms with Crippen molar-refractivity contribution in [2.75, 3.05) is 12.4 Å². The lowest BCUT2D eigenvalue weighted by atomic mass is 10.1. The molecule has 3 heteroatoms. The van der Waals surface area contributed by atoms with Crippen LogP contribution in [0.2, 0.25) is 0 Å². The highest BCUT2D eigenvalue weighted by atomic mass is 16.2. The molecular weight excluding hydrogens is 236 g/mol. The second-order valence-corrected chi connectivity index (χ2v) is 5.57. The minimum Gasteiger partial charge on any atom is -0.382 e. The summed E-state index contributed by atoms with van der Waals surface area (Å²) in [6.07, 6.45) is 3.89. The number of amides is 1. The molecule has 0 aromatic heterocycles. The lowest BCUT2D eigenvalue weighted by Gasteiger charge is -2.19. The Labute approximate surface area is 116 Å². The molecule has 1 amide bonds. The smallest absolute Gasteiger partial charge is 0.219 e. The zero-order chi connectivity index (χ0) is 13.8. The molecule has 0 spiro atoms. The van der Waals surface area contributed by atoms with E-state index in [9.17, 15) is 4.79 Å². The van der Waals surface area contributed by atoms with Gasteiger partial charge in [-0.1, -0.05) is 19.1 Å². The number of hydrogen-bond donors (Lipinski definition) is 1. The molecule has 1 aromatic rings. The fourth-order valence-electron chi connectivity index (χ4n) is 2.41. The van der Waals surface area contributed by atoms with Crippen molar-refractivity contribution in [3.05, 3.63) is 29.8 Å². The van der Waals surface area contributed by atoms with Gasteiger partial charge in [0.1, 0.15) is 0 Å². The van der Waals surface area contributed by atoms with Crippen LogP contribution in [0.5, 0.6) is 0 Å². The van der Waals surface area contributed by atoms with E-state index in [0.29, 0.717) is 12.6 Å². The molecule has 1 unspecified atom stereocenters. The zero-order valence-corrected chi connectivity index (χ0v) is 12.1. The van der Waals surface area contributed by atoms with Crippen molar-refractivity contribution in [2.24, 2.45) is 5.92 Å². The molecule has 0 radical (unpaired) electrons. The Kier molecular flexibility index (Phi) is 4.46. The number of nitrogens with zero attached hydrogens (tertiary/aromatic N) is 1. The highest BCUT2D eigenvalue weighted by Crippen LogP contribution is 2.35. The van der Waals surface area contributed by atoms with Crippen LogP contribution in [0.15, 0.2) is 24.3 Å². The molecule has 1 aromatic carbocycles. The van der Waals surface area contributed by atoms with Crippen LogP contribution in [0.4, 0.5) is 5.69 Å². The maximum atomic E-state index is 11.3. The van der Waals surface area contributed by atoms with E-state index in [1.165, 1.54) is 30.5 Å². The molecule has 104 valence electrons. The zero-order valence-electron chi connectivity index (χ0n) is 12.1. The number of rotatable bonds is 6. The summed E-state index contributed by atoms with van der Waals surface area (Å²) in [7, 11) is 1.83. The predicted octanol–water partition coefficient (Wildman–Crippen LogP) is 3.27. The van der Waals surface area contributed by atoms with Crippen LogP contribution in [0.25, 0.3) is 0 Å². The van der Waals surface area contributed by atoms with Crippen LogP contribution >= 0.6 is 0 Å². The number of benzene rings is 1. The first-order valence-electron chi connectivity index (χ1n) is 7.17. The summed E-state index contributed by atoms with van der Waals surface area (Å²) in [6.45, 7) is 4.51. The van der Waals surface area contributed by atoms with Gasteiger partial charge in [0.2, 0.25) is 5.91 Å². The third kappa shape index (κ3) is 3.98. The SMILES string of the molecule is CCC(Nc1cccc(CN(C)C(C)=O)c1)C1CC1. The fraction of sp³-hybridized carbons (Fsp3) is 0.562. The lowest BCUT2D eigenvalue weighted by molar-refractivity contribution is -0.128. The summed E-state index contributed by atoms with van der Waals surface area (Å²) in [4.78, 5) is 13.0. The first-order valence-corrected chi connectivity index (χ1v) is 7.17. The molecule has 0 aliphatic heterocycles. The summed E-state index contributed by atoms with van der Waals surface area (Å²) in [5.41, 5.74) is 2.35. The van der Waals surface area contributed by atoms with Crippen molar-refractivity contribution in [2.45, 2.75) is 45.7 Å². The Morgan fingerprint density at radius 2 is 2.21 bits per heavy atom. The van der Waals surface area contributed by atoms with Crippen LogP contribution in [-0.4, -0.2) is 23.9 Å². The van der Waals surface area contributed by atoms with Gasteiger partial charge in [-0.25, -0.2) is 0 Å². The summed E-state index contributed by atoms with van der Waals surface area (Å²) in [5.74, 6) is 0.955. The molecule has 1 aliphatic rings. The largest absolute Gasteiger partial charge is 0.382 e. The molecule has 2 rings (SSSR count). The average Bonchev–Trinajstić information content (AvgIpc) is 3.20. The van der Waals surface area contributed by atoms with Crippen LogP contribution in [-0.2, 0) is 11.3 Å². The Morgan fingerprint density at radius 1 is 1.47 bits per heavy atom. The molecule has 0 saturated heterocycles. The molecule has 19 heavy (non-hydrogen) atoms. The number of carbonyl (C=O) groups excluding carboxylic acids is 1. The van der Waals surface area contributed by atoms with E-state index >= 15 is 0 Å². The van der Waals surface area contributed by atoms with E-state index < -0.39 is 0 Å². The fourth-order valence-corrected chi connectivity index (χ4v) is 2.41. The van der Waals surface area contributed by atoms with Gasteiger partial charge < -0.3 is 10.2 Å². The maximum Gasteiger partial charge on any atom is 0.219 e. The third-order valence-corrected chi connectivity index (χ3v) is 3.87. The van der Waals surface area contributed by atoms with E-state index in [-0.39, 0.29) is 5.91 Å². The van der Waals surface area contributed by atoms with Gasteiger partial charge in [0.15, 0.2) is 0 Å². The van der Waals surface area contributed by atoms with Crippen molar-refractivity contribution in [1.29, 1.82) is 0 Å². The third-order valence-electron chi connectivity index (χ3n) is 3.87. The van der Waals surface area contributed by atoms with Gasteiger partial charge in [-0.15, -0.1) is 0 Å². The van der Waals surface area contributed by atoms with Crippen molar-refractivity contribution in [3.63, 3.8) is 0 Å². The molecule has 3 nitrogen and oxygen atoms in total. The number of hydrogen-bond acceptors (Lipinski definition) is 2. The van der Waals surface area contributed by atoms with Gasteiger partial charge in [0, 0.05) is 32.2 Å². The lowest BCUT2D eigenvalue weighted by Crippen LogP contribution is -2.23. The average molecular weight is 260 g/mol. The van der Waals surface area contributed by atoms with Gasteiger partial charge >= 0.3 is 0 Å². The molecule has 1 aliphatic carbocycles. The normalized spacial score (nSPS) is 15.9. The Bertz CT molecular complexity index is 440. The van der Waals surface area contributed by atoms with Gasteiger partial charge in [0.05, 0.1) is 0 Å². The van der Waals surface area contributed by atoms with E-state index in [4.69, 9.17) is 0 Å². The number of nitrogens with one attached hydrogen (secondary N) is 1. The van der Waals surface area contributed by atoms with Gasteiger partial charge in [-0.05, 0) is 42.9 Å². The minimum absolute atomic E-state index is 0.0998. The van der Waals surface area contributed by atoms with E-state index in [1.807, 2.05) is 7.05 Å². The molecule has 1 atom stereocenters. The molecule has 1 fully saturated rings. The predicted molar refractivity (Wildman–Crippen MR) is 79.0 cm³/mol. The first-order chi connectivity index (χ1) is 9.10. The topological polar surface area (TPSA) is 32.3 Å². The second kappa shape index (κ2) is 6.09. The number of anilines is 1. The van der Waals surface area contributed by atoms with E-state index in [1.54, 1.807) is 11.8 Å². The van der Waals surface area contributed by atoms with Crippen molar-refractivity contribution < 1.29 is 4.79 Å².